The Morgan fingerprint density at radius 1 is 0.955 bits per heavy atom. The van der Waals surface area contributed by atoms with Crippen LogP contribution in [0.1, 0.15) is 15.9 Å². The molecule has 0 spiro atoms. The van der Waals surface area contributed by atoms with Crippen molar-refractivity contribution in [3.63, 3.8) is 0 Å². The summed E-state index contributed by atoms with van der Waals surface area (Å²) in [6.07, 6.45) is -0.269. The lowest BCUT2D eigenvalue weighted by Gasteiger charge is -2.13. The number of nitrogens with two attached hydrogens (primary N) is 1. The minimum atomic E-state index is -0.706. The van der Waals surface area contributed by atoms with Gasteiger partial charge in [-0.2, -0.15) is 0 Å². The van der Waals surface area contributed by atoms with E-state index in [1.54, 1.807) is 38.5 Å². The Balaban J connectivity index is 1.92. The zero-order valence-corrected chi connectivity index (χ0v) is 12.6. The van der Waals surface area contributed by atoms with Crippen molar-refractivity contribution in [3.8, 4) is 11.5 Å². The first-order valence-electron chi connectivity index (χ1n) is 6.86. The lowest BCUT2D eigenvalue weighted by atomic mass is 10.1. The molecule has 0 aromatic heterocycles. The third kappa shape index (κ3) is 4.23. The van der Waals surface area contributed by atoms with Crippen molar-refractivity contribution in [1.82, 2.24) is 0 Å². The number of ether oxygens (including phenoxy) is 3. The molecular formula is C17H19NO4. The summed E-state index contributed by atoms with van der Waals surface area (Å²) in [6.45, 7) is 0. The normalized spacial score (nSPS) is 11.6. The van der Waals surface area contributed by atoms with E-state index in [4.69, 9.17) is 19.9 Å². The standard InChI is InChI=1S/C17H19NO4/c1-20-14-7-3-12(4-8-14)11-16(18)22-17(19)13-5-9-15(21-2)10-6-13/h3-10,16H,11,18H2,1-2H3. The Bertz CT molecular complexity index is 608. The second-order valence-corrected chi connectivity index (χ2v) is 4.72. The van der Waals surface area contributed by atoms with Crippen molar-refractivity contribution in [3.05, 3.63) is 59.7 Å². The predicted octanol–water partition coefficient (Wildman–Crippen LogP) is 2.39. The van der Waals surface area contributed by atoms with E-state index in [9.17, 15) is 4.79 Å². The molecule has 2 aromatic rings. The van der Waals surface area contributed by atoms with Crippen LogP contribution in [-0.4, -0.2) is 26.4 Å². The Morgan fingerprint density at radius 3 is 1.95 bits per heavy atom. The smallest absolute Gasteiger partial charge is 0.339 e. The van der Waals surface area contributed by atoms with Gasteiger partial charge in [-0.05, 0) is 42.0 Å². The molecule has 22 heavy (non-hydrogen) atoms. The molecule has 0 bridgehead atoms. The van der Waals surface area contributed by atoms with Crippen LogP contribution in [0.3, 0.4) is 0 Å². The highest BCUT2D eigenvalue weighted by atomic mass is 16.6. The second kappa shape index (κ2) is 7.47. The largest absolute Gasteiger partial charge is 0.497 e. The number of benzene rings is 2. The molecule has 0 saturated carbocycles. The van der Waals surface area contributed by atoms with Gasteiger partial charge in [0.25, 0.3) is 0 Å². The first-order chi connectivity index (χ1) is 10.6. The molecular weight excluding hydrogens is 282 g/mol. The molecule has 0 fully saturated rings. The molecule has 0 aliphatic rings. The van der Waals surface area contributed by atoms with E-state index in [0.29, 0.717) is 17.7 Å². The van der Waals surface area contributed by atoms with Gasteiger partial charge in [0.2, 0.25) is 0 Å². The third-order valence-electron chi connectivity index (χ3n) is 3.18. The molecule has 0 aliphatic carbocycles. The van der Waals surface area contributed by atoms with E-state index < -0.39 is 12.2 Å². The van der Waals surface area contributed by atoms with Crippen LogP contribution >= 0.6 is 0 Å². The van der Waals surface area contributed by atoms with Crippen LogP contribution in [-0.2, 0) is 11.2 Å². The molecule has 2 N–H and O–H groups in total. The van der Waals surface area contributed by atoms with Crippen molar-refractivity contribution in [1.29, 1.82) is 0 Å². The summed E-state index contributed by atoms with van der Waals surface area (Å²) in [5.74, 6) is 0.996. The predicted molar refractivity (Wildman–Crippen MR) is 83.1 cm³/mol. The average molecular weight is 301 g/mol. The third-order valence-corrected chi connectivity index (χ3v) is 3.18. The molecule has 1 atom stereocenters. The number of esters is 1. The highest BCUT2D eigenvalue weighted by molar-refractivity contribution is 5.89. The molecule has 2 aromatic carbocycles. The SMILES string of the molecule is COc1ccc(CC(N)OC(=O)c2ccc(OC)cc2)cc1. The molecule has 0 heterocycles. The van der Waals surface area contributed by atoms with Gasteiger partial charge in [-0.1, -0.05) is 12.1 Å². The van der Waals surface area contributed by atoms with Crippen LogP contribution in [0.25, 0.3) is 0 Å². The maximum absolute atomic E-state index is 12.0. The lowest BCUT2D eigenvalue weighted by Crippen LogP contribution is -2.29. The molecule has 5 nitrogen and oxygen atoms in total. The number of carbonyl (C=O) groups excluding carboxylic acids is 1. The van der Waals surface area contributed by atoms with Gasteiger partial charge in [-0.25, -0.2) is 4.79 Å². The highest BCUT2D eigenvalue weighted by Crippen LogP contribution is 2.15. The number of carbonyl (C=O) groups is 1. The molecule has 2 rings (SSSR count). The number of hydrogen-bond donors (Lipinski definition) is 1. The fourth-order valence-electron chi connectivity index (χ4n) is 1.97. The molecule has 1 unspecified atom stereocenters. The van der Waals surface area contributed by atoms with Crippen molar-refractivity contribution in [2.45, 2.75) is 12.6 Å². The fraction of sp³-hybridized carbons (Fsp3) is 0.235. The molecule has 0 saturated heterocycles. The van der Waals surface area contributed by atoms with Gasteiger partial charge in [-0.15, -0.1) is 0 Å². The van der Waals surface area contributed by atoms with Gasteiger partial charge in [0.15, 0.2) is 6.23 Å². The summed E-state index contributed by atoms with van der Waals surface area (Å²) in [7, 11) is 3.18. The molecule has 0 aliphatic heterocycles. The summed E-state index contributed by atoms with van der Waals surface area (Å²) in [6, 6.07) is 14.1. The van der Waals surface area contributed by atoms with E-state index in [1.165, 1.54) is 0 Å². The van der Waals surface area contributed by atoms with E-state index in [0.717, 1.165) is 11.3 Å². The van der Waals surface area contributed by atoms with Gasteiger partial charge in [-0.3, -0.25) is 5.73 Å². The van der Waals surface area contributed by atoms with Gasteiger partial charge >= 0.3 is 5.97 Å². The zero-order valence-electron chi connectivity index (χ0n) is 12.6. The Labute approximate surface area is 129 Å². The van der Waals surface area contributed by atoms with E-state index >= 15 is 0 Å². The Kier molecular flexibility index (Phi) is 5.38. The van der Waals surface area contributed by atoms with E-state index in [2.05, 4.69) is 0 Å². The van der Waals surface area contributed by atoms with Gasteiger partial charge in [0.05, 0.1) is 19.8 Å². The summed E-state index contributed by atoms with van der Waals surface area (Å²) < 4.78 is 15.4. The second-order valence-electron chi connectivity index (χ2n) is 4.72. The first-order valence-corrected chi connectivity index (χ1v) is 6.86. The van der Waals surface area contributed by atoms with Crippen LogP contribution in [0.5, 0.6) is 11.5 Å². The minimum Gasteiger partial charge on any atom is -0.497 e. The van der Waals surface area contributed by atoms with Crippen molar-refractivity contribution in [2.24, 2.45) is 5.73 Å². The van der Waals surface area contributed by atoms with Crippen molar-refractivity contribution in [2.75, 3.05) is 14.2 Å². The maximum Gasteiger partial charge on any atom is 0.339 e. The van der Waals surface area contributed by atoms with Crippen LogP contribution in [0.4, 0.5) is 0 Å². The van der Waals surface area contributed by atoms with Gasteiger partial charge in [0, 0.05) is 6.42 Å². The van der Waals surface area contributed by atoms with Crippen LogP contribution in [0, 0.1) is 0 Å². The summed E-state index contributed by atoms with van der Waals surface area (Å²) in [5.41, 5.74) is 7.28. The Hall–Kier alpha value is -2.53. The molecule has 0 amide bonds. The van der Waals surface area contributed by atoms with Crippen molar-refractivity contribution >= 4 is 5.97 Å². The zero-order chi connectivity index (χ0) is 15.9. The molecule has 0 radical (unpaired) electrons. The monoisotopic (exact) mass is 301 g/mol. The fourth-order valence-corrected chi connectivity index (χ4v) is 1.97. The average Bonchev–Trinajstić information content (AvgIpc) is 2.55. The van der Waals surface area contributed by atoms with Crippen LogP contribution < -0.4 is 15.2 Å². The highest BCUT2D eigenvalue weighted by Gasteiger charge is 2.13. The summed E-state index contributed by atoms with van der Waals surface area (Å²) in [5, 5.41) is 0. The van der Waals surface area contributed by atoms with E-state index in [1.807, 2.05) is 24.3 Å². The lowest BCUT2D eigenvalue weighted by molar-refractivity contribution is 0.0317. The van der Waals surface area contributed by atoms with Gasteiger partial charge < -0.3 is 14.2 Å². The number of rotatable bonds is 6. The first kappa shape index (κ1) is 15.9. The molecule has 116 valence electrons. The number of methoxy groups -OCH3 is 2. The quantitative estimate of drug-likeness (QED) is 0.655. The van der Waals surface area contributed by atoms with Crippen LogP contribution in [0.15, 0.2) is 48.5 Å². The molecule has 5 heteroatoms. The van der Waals surface area contributed by atoms with Gasteiger partial charge in [0.1, 0.15) is 11.5 Å². The van der Waals surface area contributed by atoms with Crippen LogP contribution in [0.2, 0.25) is 0 Å². The summed E-state index contributed by atoms with van der Waals surface area (Å²) in [4.78, 5) is 12.0. The maximum atomic E-state index is 12.0. The topological polar surface area (TPSA) is 70.8 Å². The van der Waals surface area contributed by atoms with E-state index in [-0.39, 0.29) is 0 Å². The Morgan fingerprint density at radius 2 is 1.45 bits per heavy atom. The minimum absolute atomic E-state index is 0.436. The summed E-state index contributed by atoms with van der Waals surface area (Å²) >= 11 is 0. The van der Waals surface area contributed by atoms with Crippen molar-refractivity contribution < 1.29 is 19.0 Å². The number of hydrogen-bond acceptors (Lipinski definition) is 5.